The molecule has 0 saturated heterocycles. The lowest BCUT2D eigenvalue weighted by Gasteiger charge is -2.14. The predicted octanol–water partition coefficient (Wildman–Crippen LogP) is 4.80. The van der Waals surface area contributed by atoms with Crippen molar-refractivity contribution in [2.45, 2.75) is 27.2 Å². The predicted molar refractivity (Wildman–Crippen MR) is 106 cm³/mol. The summed E-state index contributed by atoms with van der Waals surface area (Å²) in [5.74, 6) is 1.98. The number of ether oxygens (including phenoxy) is 1. The number of halogens is 1. The van der Waals surface area contributed by atoms with Gasteiger partial charge in [0.2, 0.25) is 0 Å². The number of benzene rings is 1. The fourth-order valence-corrected chi connectivity index (χ4v) is 3.27. The van der Waals surface area contributed by atoms with Crippen molar-refractivity contribution < 1.29 is 4.74 Å². The Morgan fingerprint density at radius 2 is 2.08 bits per heavy atom. The summed E-state index contributed by atoms with van der Waals surface area (Å²) in [4.78, 5) is 4.61. The largest absolute Gasteiger partial charge is 0.461 e. The Balaban J connectivity index is 2.44. The third kappa shape index (κ3) is 4.31. The third-order valence-corrected chi connectivity index (χ3v) is 4.42. The molecule has 6 heteroatoms. The number of nitrogens with one attached hydrogen (secondary N) is 2. The fraction of sp³-hybridized carbons (Fsp3) is 0.263. The number of nitriles is 1. The number of hydrogen-bond donors (Lipinski definition) is 2. The summed E-state index contributed by atoms with van der Waals surface area (Å²) < 4.78 is 6.94. The lowest BCUT2D eigenvalue weighted by atomic mass is 10.1. The minimum Gasteiger partial charge on any atom is -0.461 e. The molecule has 2 rings (SSSR count). The summed E-state index contributed by atoms with van der Waals surface area (Å²) in [6.07, 6.45) is 0.798. The van der Waals surface area contributed by atoms with Crippen LogP contribution in [0, 0.1) is 11.3 Å². The van der Waals surface area contributed by atoms with Crippen LogP contribution in [0.2, 0.25) is 0 Å². The molecule has 1 aromatic rings. The second-order valence-electron chi connectivity index (χ2n) is 5.62. The molecular weight excluding hydrogens is 380 g/mol. The maximum Gasteiger partial charge on any atom is 0.142 e. The Morgan fingerprint density at radius 3 is 2.64 bits per heavy atom. The van der Waals surface area contributed by atoms with Gasteiger partial charge in [-0.15, -0.1) is 0 Å². The molecule has 5 nitrogen and oxygen atoms in total. The van der Waals surface area contributed by atoms with Gasteiger partial charge in [0.25, 0.3) is 0 Å². The summed E-state index contributed by atoms with van der Waals surface area (Å²) in [7, 11) is 1.80. The SMILES string of the molecule is C=C(C)NC1=NC(CC)=C(Br)/C1=C(/C)Oc1cc(C#N)cc(NC)c1. The van der Waals surface area contributed by atoms with Crippen LogP contribution in [-0.2, 0) is 0 Å². The average molecular weight is 401 g/mol. The molecule has 0 bridgehead atoms. The first kappa shape index (κ1) is 18.8. The van der Waals surface area contributed by atoms with E-state index in [1.54, 1.807) is 19.2 Å². The minimum atomic E-state index is 0.531. The van der Waals surface area contributed by atoms with Crippen molar-refractivity contribution in [1.82, 2.24) is 5.32 Å². The molecule has 1 aromatic carbocycles. The number of anilines is 1. The van der Waals surface area contributed by atoms with Crippen LogP contribution in [0.3, 0.4) is 0 Å². The van der Waals surface area contributed by atoms with Gasteiger partial charge in [-0.25, -0.2) is 4.99 Å². The van der Waals surface area contributed by atoms with Crippen LogP contribution in [0.25, 0.3) is 0 Å². The van der Waals surface area contributed by atoms with Crippen LogP contribution in [0.5, 0.6) is 5.75 Å². The Labute approximate surface area is 156 Å². The Bertz CT molecular complexity index is 843. The van der Waals surface area contributed by atoms with Gasteiger partial charge in [-0.1, -0.05) is 13.5 Å². The van der Waals surface area contributed by atoms with Gasteiger partial charge in [-0.05, 0) is 48.3 Å². The summed E-state index contributed by atoms with van der Waals surface area (Å²) in [5, 5.41) is 15.4. The van der Waals surface area contributed by atoms with E-state index in [0.29, 0.717) is 22.9 Å². The topological polar surface area (TPSA) is 69.4 Å². The number of aliphatic imine (C=N–C) groups is 1. The van der Waals surface area contributed by atoms with E-state index in [9.17, 15) is 5.26 Å². The van der Waals surface area contributed by atoms with Crippen LogP contribution < -0.4 is 15.4 Å². The van der Waals surface area contributed by atoms with Gasteiger partial charge in [0.1, 0.15) is 17.3 Å². The van der Waals surface area contributed by atoms with Crippen molar-refractivity contribution in [2.24, 2.45) is 4.99 Å². The fourth-order valence-electron chi connectivity index (χ4n) is 2.43. The molecule has 0 spiro atoms. The van der Waals surface area contributed by atoms with Crippen molar-refractivity contribution >= 4 is 27.5 Å². The van der Waals surface area contributed by atoms with E-state index >= 15 is 0 Å². The molecule has 0 amide bonds. The first-order chi connectivity index (χ1) is 11.9. The molecule has 0 radical (unpaired) electrons. The second kappa shape index (κ2) is 8.04. The summed E-state index contributed by atoms with van der Waals surface area (Å²) >= 11 is 3.62. The highest BCUT2D eigenvalue weighted by Gasteiger charge is 2.25. The molecule has 1 heterocycles. The van der Waals surface area contributed by atoms with Crippen molar-refractivity contribution in [3.63, 3.8) is 0 Å². The quantitative estimate of drug-likeness (QED) is 0.696. The molecule has 0 aliphatic carbocycles. The van der Waals surface area contributed by atoms with E-state index in [-0.39, 0.29) is 0 Å². The lowest BCUT2D eigenvalue weighted by Crippen LogP contribution is -2.22. The highest BCUT2D eigenvalue weighted by molar-refractivity contribution is 9.12. The maximum absolute atomic E-state index is 9.18. The second-order valence-corrected chi connectivity index (χ2v) is 6.41. The molecule has 2 N–H and O–H groups in total. The van der Waals surface area contributed by atoms with E-state index in [0.717, 1.165) is 33.6 Å². The first-order valence-electron chi connectivity index (χ1n) is 7.91. The zero-order valence-electron chi connectivity index (χ0n) is 14.8. The van der Waals surface area contributed by atoms with Crippen LogP contribution in [0.15, 0.2) is 57.0 Å². The standard InChI is InChI=1S/C19H21BrN4O/c1-6-16-18(20)17(19(24-16)23-11(2)3)12(4)25-15-8-13(10-21)7-14(9-15)22-5/h7-9,22H,2,6H2,1,3-5H3,(H,23,24)/b17-12+. The van der Waals surface area contributed by atoms with Gasteiger partial charge in [-0.2, -0.15) is 5.26 Å². The first-order valence-corrected chi connectivity index (χ1v) is 8.71. The van der Waals surface area contributed by atoms with E-state index in [2.05, 4.69) is 44.2 Å². The van der Waals surface area contributed by atoms with Gasteiger partial charge in [0.05, 0.1) is 27.4 Å². The average Bonchev–Trinajstić information content (AvgIpc) is 2.88. The van der Waals surface area contributed by atoms with Crippen molar-refractivity contribution in [3.05, 3.63) is 57.6 Å². The monoisotopic (exact) mass is 400 g/mol. The molecule has 130 valence electrons. The van der Waals surface area contributed by atoms with Crippen molar-refractivity contribution in [3.8, 4) is 11.8 Å². The van der Waals surface area contributed by atoms with Crippen molar-refractivity contribution in [1.29, 1.82) is 5.26 Å². The summed E-state index contributed by atoms with van der Waals surface area (Å²) in [6.45, 7) is 9.69. The maximum atomic E-state index is 9.18. The van der Waals surface area contributed by atoms with Gasteiger partial charge in [0.15, 0.2) is 0 Å². The van der Waals surface area contributed by atoms with Crippen LogP contribution in [0.1, 0.15) is 32.8 Å². The van der Waals surface area contributed by atoms with Gasteiger partial charge in [0, 0.05) is 24.5 Å². The molecule has 0 aromatic heterocycles. The smallest absolute Gasteiger partial charge is 0.142 e. The lowest BCUT2D eigenvalue weighted by molar-refractivity contribution is 0.425. The number of hydrogen-bond acceptors (Lipinski definition) is 5. The Hall–Kier alpha value is -2.52. The molecule has 0 saturated carbocycles. The molecule has 0 atom stereocenters. The Kier molecular flexibility index (Phi) is 6.05. The zero-order valence-corrected chi connectivity index (χ0v) is 16.4. The zero-order chi connectivity index (χ0) is 18.6. The van der Waals surface area contributed by atoms with Crippen LogP contribution in [-0.4, -0.2) is 12.9 Å². The van der Waals surface area contributed by atoms with Crippen molar-refractivity contribution in [2.75, 3.05) is 12.4 Å². The Morgan fingerprint density at radius 1 is 1.36 bits per heavy atom. The molecule has 0 unspecified atom stereocenters. The number of amidine groups is 1. The third-order valence-electron chi connectivity index (χ3n) is 3.57. The minimum absolute atomic E-state index is 0.531. The summed E-state index contributed by atoms with van der Waals surface area (Å²) in [5.41, 5.74) is 3.95. The number of nitrogens with zero attached hydrogens (tertiary/aromatic N) is 2. The number of allylic oxidation sites excluding steroid dienone is 3. The molecule has 25 heavy (non-hydrogen) atoms. The molecule has 0 fully saturated rings. The normalized spacial score (nSPS) is 15.4. The van der Waals surface area contributed by atoms with E-state index in [1.807, 2.05) is 26.8 Å². The highest BCUT2D eigenvalue weighted by Crippen LogP contribution is 2.34. The summed E-state index contributed by atoms with van der Waals surface area (Å²) in [6, 6.07) is 7.47. The van der Waals surface area contributed by atoms with Gasteiger partial charge < -0.3 is 15.4 Å². The van der Waals surface area contributed by atoms with E-state index in [4.69, 9.17) is 4.74 Å². The highest BCUT2D eigenvalue weighted by atomic mass is 79.9. The molecule has 1 aliphatic heterocycles. The van der Waals surface area contributed by atoms with E-state index in [1.165, 1.54) is 0 Å². The number of rotatable bonds is 5. The van der Waals surface area contributed by atoms with Crippen LogP contribution in [0.4, 0.5) is 5.69 Å². The van der Waals surface area contributed by atoms with Gasteiger partial charge >= 0.3 is 0 Å². The van der Waals surface area contributed by atoms with Gasteiger partial charge in [-0.3, -0.25) is 0 Å². The van der Waals surface area contributed by atoms with Crippen LogP contribution >= 0.6 is 15.9 Å². The van der Waals surface area contributed by atoms with E-state index < -0.39 is 0 Å². The molecule has 1 aliphatic rings. The molecular formula is C19H21BrN4O.